The van der Waals surface area contributed by atoms with Crippen molar-refractivity contribution in [2.45, 2.75) is 0 Å². The first-order chi connectivity index (χ1) is 19.5. The minimum atomic E-state index is -0.788. The standard InChI is InChI=1S/C31H21N5O4/c1-39-25-13-7-5-11-19(25)28-23(17-36(35-28)18-9-3-2-4-10-18)21-15-24(34-30(33)22(21)16-32)27-29(37)20-12-6-8-14-26(20)40-31(27)38/h2-15,17,37H,1H3,(H2,33,34). The molecule has 0 radical (unpaired) electrons. The number of methoxy groups -OCH3 is 1. The van der Waals surface area contributed by atoms with Gasteiger partial charge in [-0.2, -0.15) is 10.4 Å². The van der Waals surface area contributed by atoms with E-state index < -0.39 is 5.63 Å². The predicted octanol–water partition coefficient (Wildman–Crippen LogP) is 5.54. The third kappa shape index (κ3) is 4.01. The van der Waals surface area contributed by atoms with E-state index in [9.17, 15) is 15.2 Å². The summed E-state index contributed by atoms with van der Waals surface area (Å²) in [6.45, 7) is 0. The Balaban J connectivity index is 1.66. The smallest absolute Gasteiger partial charge is 0.349 e. The third-order valence-electron chi connectivity index (χ3n) is 6.59. The molecule has 3 aromatic heterocycles. The van der Waals surface area contributed by atoms with Crippen molar-refractivity contribution in [3.63, 3.8) is 0 Å². The van der Waals surface area contributed by atoms with Crippen molar-refractivity contribution in [2.24, 2.45) is 0 Å². The fourth-order valence-electron chi connectivity index (χ4n) is 4.71. The van der Waals surface area contributed by atoms with Gasteiger partial charge in [-0.3, -0.25) is 0 Å². The number of nitrogen functional groups attached to an aromatic ring is 1. The van der Waals surface area contributed by atoms with Crippen LogP contribution < -0.4 is 16.1 Å². The number of ether oxygens (including phenoxy) is 1. The van der Waals surface area contributed by atoms with Crippen LogP contribution in [0.25, 0.3) is 50.3 Å². The molecule has 9 nitrogen and oxygen atoms in total. The van der Waals surface area contributed by atoms with Crippen molar-refractivity contribution in [3.05, 3.63) is 107 Å². The van der Waals surface area contributed by atoms with Crippen LogP contribution in [0, 0.1) is 11.3 Å². The fraction of sp³-hybridized carbons (Fsp3) is 0.0323. The second-order valence-electron chi connectivity index (χ2n) is 8.91. The second kappa shape index (κ2) is 9.78. The molecule has 6 rings (SSSR count). The van der Waals surface area contributed by atoms with Gasteiger partial charge in [0.05, 0.1) is 23.9 Å². The summed E-state index contributed by atoms with van der Waals surface area (Å²) in [5.41, 5.74) is 8.63. The summed E-state index contributed by atoms with van der Waals surface area (Å²) in [7, 11) is 1.57. The average molecular weight is 528 g/mol. The lowest BCUT2D eigenvalue weighted by molar-refractivity contribution is 0.416. The number of nitrogens with two attached hydrogens (primary N) is 1. The Bertz CT molecular complexity index is 2010. The summed E-state index contributed by atoms with van der Waals surface area (Å²) in [5.74, 6) is 0.176. The molecular weight excluding hydrogens is 506 g/mol. The van der Waals surface area contributed by atoms with E-state index in [4.69, 9.17) is 20.0 Å². The predicted molar refractivity (Wildman–Crippen MR) is 151 cm³/mol. The van der Waals surface area contributed by atoms with Gasteiger partial charge in [0.2, 0.25) is 0 Å². The van der Waals surface area contributed by atoms with Crippen LogP contribution in [0.4, 0.5) is 5.82 Å². The molecule has 0 saturated carbocycles. The largest absolute Gasteiger partial charge is 0.506 e. The van der Waals surface area contributed by atoms with Crippen molar-refractivity contribution < 1.29 is 14.3 Å². The van der Waals surface area contributed by atoms with E-state index in [2.05, 4.69) is 11.1 Å². The lowest BCUT2D eigenvalue weighted by atomic mass is 9.96. The molecule has 6 aromatic rings. The van der Waals surface area contributed by atoms with Crippen LogP contribution in [0.15, 0.2) is 100 Å². The molecule has 3 N–H and O–H groups in total. The summed E-state index contributed by atoms with van der Waals surface area (Å²) >= 11 is 0. The van der Waals surface area contributed by atoms with Crippen LogP contribution >= 0.6 is 0 Å². The van der Waals surface area contributed by atoms with E-state index in [1.807, 2.05) is 54.6 Å². The highest BCUT2D eigenvalue weighted by molar-refractivity contribution is 5.93. The molecule has 3 heterocycles. The Hall–Kier alpha value is -5.88. The number of fused-ring (bicyclic) bond motifs is 1. The first kappa shape index (κ1) is 24.5. The molecule has 0 aliphatic carbocycles. The van der Waals surface area contributed by atoms with Crippen molar-refractivity contribution in [1.82, 2.24) is 14.8 Å². The van der Waals surface area contributed by atoms with Crippen LogP contribution in [-0.4, -0.2) is 27.0 Å². The molecule has 0 aliphatic heterocycles. The molecule has 0 atom stereocenters. The zero-order valence-electron chi connectivity index (χ0n) is 21.2. The SMILES string of the molecule is COc1ccccc1-c1nn(-c2ccccc2)cc1-c1cc(-c2c(O)c3ccccc3oc2=O)nc(N)c1C#N. The molecule has 9 heteroatoms. The molecule has 0 spiro atoms. The average Bonchev–Trinajstić information content (AvgIpc) is 3.42. The number of aromatic hydroxyl groups is 1. The number of nitriles is 1. The number of para-hydroxylation sites is 3. The number of benzene rings is 3. The van der Waals surface area contributed by atoms with E-state index in [1.165, 1.54) is 0 Å². The Kier molecular flexibility index (Phi) is 5.98. The van der Waals surface area contributed by atoms with Crippen LogP contribution in [-0.2, 0) is 0 Å². The van der Waals surface area contributed by atoms with Crippen LogP contribution in [0.5, 0.6) is 11.5 Å². The molecule has 0 saturated heterocycles. The summed E-state index contributed by atoms with van der Waals surface area (Å²) in [6, 6.07) is 27.2. The Morgan fingerprint density at radius 1 is 0.975 bits per heavy atom. The maximum atomic E-state index is 13.0. The van der Waals surface area contributed by atoms with Crippen LogP contribution in [0.3, 0.4) is 0 Å². The molecule has 3 aromatic carbocycles. The van der Waals surface area contributed by atoms with Gasteiger partial charge in [-0.15, -0.1) is 0 Å². The Morgan fingerprint density at radius 3 is 2.48 bits per heavy atom. The first-order valence-corrected chi connectivity index (χ1v) is 12.2. The topological polar surface area (TPSA) is 140 Å². The molecule has 0 amide bonds. The van der Waals surface area contributed by atoms with E-state index in [0.717, 1.165) is 5.69 Å². The fourth-order valence-corrected chi connectivity index (χ4v) is 4.71. The highest BCUT2D eigenvalue weighted by Gasteiger charge is 2.25. The van der Waals surface area contributed by atoms with Crippen LogP contribution in [0.2, 0.25) is 0 Å². The summed E-state index contributed by atoms with van der Waals surface area (Å²) in [5, 5.41) is 26.4. The van der Waals surface area contributed by atoms with Crippen LogP contribution in [0.1, 0.15) is 5.56 Å². The molecular formula is C31H21N5O4. The number of nitrogens with zero attached hydrogens (tertiary/aromatic N) is 4. The number of hydrogen-bond acceptors (Lipinski definition) is 8. The monoisotopic (exact) mass is 527 g/mol. The van der Waals surface area contributed by atoms with Gasteiger partial charge in [-0.1, -0.05) is 42.5 Å². The number of pyridine rings is 1. The maximum absolute atomic E-state index is 13.0. The molecule has 194 valence electrons. The minimum absolute atomic E-state index is 0.0574. The lowest BCUT2D eigenvalue weighted by Gasteiger charge is -2.12. The number of anilines is 1. The van der Waals surface area contributed by atoms with E-state index in [1.54, 1.807) is 48.3 Å². The van der Waals surface area contributed by atoms with Crippen molar-refractivity contribution >= 4 is 16.8 Å². The number of hydrogen-bond donors (Lipinski definition) is 2. The minimum Gasteiger partial charge on any atom is -0.506 e. The second-order valence-corrected chi connectivity index (χ2v) is 8.91. The van der Waals surface area contributed by atoms with Gasteiger partial charge in [0.25, 0.3) is 0 Å². The van der Waals surface area contributed by atoms with Crippen molar-refractivity contribution in [3.8, 4) is 56.9 Å². The van der Waals surface area contributed by atoms with Gasteiger partial charge in [0, 0.05) is 22.9 Å². The van der Waals surface area contributed by atoms with Crippen molar-refractivity contribution in [1.29, 1.82) is 5.26 Å². The van der Waals surface area contributed by atoms with Gasteiger partial charge >= 0.3 is 5.63 Å². The third-order valence-corrected chi connectivity index (χ3v) is 6.59. The van der Waals surface area contributed by atoms with Gasteiger partial charge in [0.1, 0.15) is 45.8 Å². The highest BCUT2D eigenvalue weighted by atomic mass is 16.5. The lowest BCUT2D eigenvalue weighted by Crippen LogP contribution is -2.07. The molecule has 0 fully saturated rings. The maximum Gasteiger partial charge on any atom is 0.349 e. The Labute approximate surface area is 228 Å². The molecule has 40 heavy (non-hydrogen) atoms. The zero-order valence-corrected chi connectivity index (χ0v) is 21.2. The molecule has 0 aliphatic rings. The van der Waals surface area contributed by atoms with Gasteiger partial charge < -0.3 is 20.0 Å². The Morgan fingerprint density at radius 2 is 1.70 bits per heavy atom. The summed E-state index contributed by atoms with van der Waals surface area (Å²) < 4.78 is 12.8. The molecule has 0 bridgehead atoms. The quantitative estimate of drug-likeness (QED) is 0.278. The van der Waals surface area contributed by atoms with Crippen molar-refractivity contribution in [2.75, 3.05) is 12.8 Å². The summed E-state index contributed by atoms with van der Waals surface area (Å²) in [4.78, 5) is 17.3. The van der Waals surface area contributed by atoms with E-state index >= 15 is 0 Å². The number of rotatable bonds is 5. The first-order valence-electron chi connectivity index (χ1n) is 12.2. The molecule has 0 unspecified atom stereocenters. The number of aromatic nitrogens is 3. The van der Waals surface area contributed by atoms with Gasteiger partial charge in [0.15, 0.2) is 0 Å². The van der Waals surface area contributed by atoms with E-state index in [0.29, 0.717) is 33.5 Å². The normalized spacial score (nSPS) is 10.9. The van der Waals surface area contributed by atoms with E-state index in [-0.39, 0.29) is 34.0 Å². The highest BCUT2D eigenvalue weighted by Crippen LogP contribution is 2.41. The van der Waals surface area contributed by atoms with Gasteiger partial charge in [-0.05, 0) is 42.5 Å². The summed E-state index contributed by atoms with van der Waals surface area (Å²) in [6.07, 6.45) is 1.78. The zero-order chi connectivity index (χ0) is 27.8. The van der Waals surface area contributed by atoms with Gasteiger partial charge in [-0.25, -0.2) is 14.5 Å².